The fourth-order valence-corrected chi connectivity index (χ4v) is 1.94. The van der Waals surface area contributed by atoms with E-state index in [2.05, 4.69) is 15.6 Å². The van der Waals surface area contributed by atoms with Crippen LogP contribution in [0.15, 0.2) is 6.07 Å². The van der Waals surface area contributed by atoms with Crippen LogP contribution in [-0.4, -0.2) is 34.6 Å². The van der Waals surface area contributed by atoms with Gasteiger partial charge in [-0.25, -0.2) is 9.78 Å². The van der Waals surface area contributed by atoms with Crippen molar-refractivity contribution in [3.8, 4) is 0 Å². The Hall–Kier alpha value is -2.11. The molecule has 3 N–H and O–H groups in total. The predicted octanol–water partition coefficient (Wildman–Crippen LogP) is 1.97. The van der Waals surface area contributed by atoms with Gasteiger partial charge in [0.15, 0.2) is 0 Å². The first kappa shape index (κ1) is 16.9. The Morgan fingerprint density at radius 1 is 1.29 bits per heavy atom. The first-order chi connectivity index (χ1) is 9.72. The molecule has 1 rings (SSSR count). The maximum Gasteiger partial charge on any atom is 0.339 e. The van der Waals surface area contributed by atoms with E-state index in [1.165, 1.54) is 0 Å². The minimum Gasteiger partial charge on any atom is -0.478 e. The third kappa shape index (κ3) is 4.73. The van der Waals surface area contributed by atoms with Crippen LogP contribution in [0.3, 0.4) is 0 Å². The van der Waals surface area contributed by atoms with E-state index in [1.54, 1.807) is 26.8 Å². The van der Waals surface area contributed by atoms with E-state index in [9.17, 15) is 14.7 Å². The highest BCUT2D eigenvalue weighted by atomic mass is 16.4. The molecule has 1 unspecified atom stereocenters. The van der Waals surface area contributed by atoms with Gasteiger partial charge in [-0.2, -0.15) is 0 Å². The van der Waals surface area contributed by atoms with E-state index in [4.69, 9.17) is 0 Å². The molecule has 0 spiro atoms. The van der Waals surface area contributed by atoms with E-state index in [1.807, 2.05) is 13.8 Å². The lowest BCUT2D eigenvalue weighted by Gasteiger charge is -2.18. The highest BCUT2D eigenvalue weighted by Gasteiger charge is 2.20. The number of hydrogen-bond acceptors (Lipinski definition) is 4. The molecule has 0 aliphatic rings. The van der Waals surface area contributed by atoms with Crippen molar-refractivity contribution in [2.75, 3.05) is 11.9 Å². The van der Waals surface area contributed by atoms with Gasteiger partial charge in [0, 0.05) is 12.2 Å². The highest BCUT2D eigenvalue weighted by Crippen LogP contribution is 2.19. The molecule has 0 aliphatic carbocycles. The molecule has 0 fully saturated rings. The molecule has 6 nitrogen and oxygen atoms in total. The van der Waals surface area contributed by atoms with Crippen LogP contribution in [0.25, 0.3) is 0 Å². The molecule has 0 saturated carbocycles. The van der Waals surface area contributed by atoms with Crippen LogP contribution in [0.1, 0.15) is 42.4 Å². The summed E-state index contributed by atoms with van der Waals surface area (Å²) in [7, 11) is 0. The Morgan fingerprint density at radius 2 is 1.90 bits per heavy atom. The third-order valence-electron chi connectivity index (χ3n) is 2.99. The molecular formula is C15H23N3O3. The number of carboxylic acids is 1. The van der Waals surface area contributed by atoms with Crippen molar-refractivity contribution < 1.29 is 14.7 Å². The van der Waals surface area contributed by atoms with E-state index < -0.39 is 12.0 Å². The summed E-state index contributed by atoms with van der Waals surface area (Å²) < 4.78 is 0. The van der Waals surface area contributed by atoms with Gasteiger partial charge in [-0.3, -0.25) is 4.79 Å². The highest BCUT2D eigenvalue weighted by molar-refractivity contribution is 5.96. The Labute approximate surface area is 125 Å². The zero-order valence-corrected chi connectivity index (χ0v) is 13.2. The van der Waals surface area contributed by atoms with Crippen molar-refractivity contribution in [2.45, 2.75) is 40.7 Å². The van der Waals surface area contributed by atoms with Crippen LogP contribution in [-0.2, 0) is 4.79 Å². The first-order valence-electron chi connectivity index (χ1n) is 6.98. The summed E-state index contributed by atoms with van der Waals surface area (Å²) in [6.45, 7) is 9.77. The van der Waals surface area contributed by atoms with Gasteiger partial charge in [0.2, 0.25) is 5.91 Å². The number of carboxylic acid groups (broad SMARTS) is 1. The van der Waals surface area contributed by atoms with Crippen LogP contribution >= 0.6 is 0 Å². The standard InChI is InChI=1S/C15H23N3O3/c1-8(2)7-16-14(19)11(5)18-13-12(15(20)21)9(3)6-10(4)17-13/h6,8,11H,7H2,1-5H3,(H,16,19)(H,17,18)(H,20,21). The van der Waals surface area contributed by atoms with Crippen molar-refractivity contribution >= 4 is 17.7 Å². The van der Waals surface area contributed by atoms with Gasteiger partial charge in [-0.15, -0.1) is 0 Å². The fraction of sp³-hybridized carbons (Fsp3) is 0.533. The second kappa shape index (κ2) is 7.06. The minimum absolute atomic E-state index is 0.101. The summed E-state index contributed by atoms with van der Waals surface area (Å²) in [5.41, 5.74) is 1.42. The summed E-state index contributed by atoms with van der Waals surface area (Å²) >= 11 is 0. The molecule has 21 heavy (non-hydrogen) atoms. The summed E-state index contributed by atoms with van der Waals surface area (Å²) in [4.78, 5) is 27.5. The Balaban J connectivity index is 2.91. The van der Waals surface area contributed by atoms with Gasteiger partial charge in [0.25, 0.3) is 0 Å². The van der Waals surface area contributed by atoms with Crippen molar-refractivity contribution in [2.24, 2.45) is 5.92 Å². The van der Waals surface area contributed by atoms with E-state index in [0.717, 1.165) is 0 Å². The number of nitrogens with one attached hydrogen (secondary N) is 2. The molecule has 6 heteroatoms. The van der Waals surface area contributed by atoms with Gasteiger partial charge in [0.05, 0.1) is 0 Å². The number of rotatable bonds is 6. The number of aromatic carboxylic acids is 1. The normalized spacial score (nSPS) is 12.1. The molecule has 0 saturated heterocycles. The zero-order chi connectivity index (χ0) is 16.2. The van der Waals surface area contributed by atoms with Crippen LogP contribution in [0, 0.1) is 19.8 Å². The number of hydrogen-bond donors (Lipinski definition) is 3. The molecule has 0 radical (unpaired) electrons. The summed E-state index contributed by atoms with van der Waals surface area (Å²) in [5.74, 6) is -0.652. The summed E-state index contributed by atoms with van der Waals surface area (Å²) in [6.07, 6.45) is 0. The molecular weight excluding hydrogens is 270 g/mol. The van der Waals surface area contributed by atoms with Crippen LogP contribution < -0.4 is 10.6 Å². The maximum absolute atomic E-state index is 12.0. The third-order valence-corrected chi connectivity index (χ3v) is 2.99. The number of carbonyl (C=O) groups is 2. The quantitative estimate of drug-likeness (QED) is 0.746. The molecule has 1 aromatic rings. The Morgan fingerprint density at radius 3 is 2.43 bits per heavy atom. The van der Waals surface area contributed by atoms with Crippen molar-refractivity contribution in [1.82, 2.24) is 10.3 Å². The number of aromatic nitrogens is 1. The molecule has 0 bridgehead atoms. The van der Waals surface area contributed by atoms with Crippen LogP contribution in [0.2, 0.25) is 0 Å². The average Bonchev–Trinajstić information content (AvgIpc) is 2.34. The zero-order valence-electron chi connectivity index (χ0n) is 13.2. The Bertz CT molecular complexity index is 541. The monoisotopic (exact) mass is 293 g/mol. The molecule has 1 amide bonds. The first-order valence-corrected chi connectivity index (χ1v) is 6.98. The minimum atomic E-state index is -1.06. The maximum atomic E-state index is 12.0. The van der Waals surface area contributed by atoms with Gasteiger partial charge in [-0.05, 0) is 38.3 Å². The number of pyridine rings is 1. The Kier molecular flexibility index (Phi) is 5.69. The SMILES string of the molecule is Cc1cc(C)c(C(=O)O)c(NC(C)C(=O)NCC(C)C)n1. The van der Waals surface area contributed by atoms with Gasteiger partial charge >= 0.3 is 5.97 Å². The molecule has 116 valence electrons. The van der Waals surface area contributed by atoms with Crippen LogP contribution in [0.5, 0.6) is 0 Å². The number of amides is 1. The topological polar surface area (TPSA) is 91.3 Å². The van der Waals surface area contributed by atoms with E-state index in [-0.39, 0.29) is 17.3 Å². The van der Waals surface area contributed by atoms with Crippen molar-refractivity contribution in [1.29, 1.82) is 0 Å². The largest absolute Gasteiger partial charge is 0.478 e. The molecule has 1 aromatic heterocycles. The van der Waals surface area contributed by atoms with E-state index in [0.29, 0.717) is 23.7 Å². The van der Waals surface area contributed by atoms with Crippen molar-refractivity contribution in [3.63, 3.8) is 0 Å². The lowest BCUT2D eigenvalue weighted by atomic mass is 10.1. The van der Waals surface area contributed by atoms with E-state index >= 15 is 0 Å². The van der Waals surface area contributed by atoms with Gasteiger partial charge in [-0.1, -0.05) is 13.8 Å². The van der Waals surface area contributed by atoms with Crippen molar-refractivity contribution in [3.05, 3.63) is 22.9 Å². The second-order valence-electron chi connectivity index (χ2n) is 5.61. The lowest BCUT2D eigenvalue weighted by molar-refractivity contribution is -0.121. The fourth-order valence-electron chi connectivity index (χ4n) is 1.94. The summed E-state index contributed by atoms with van der Waals surface area (Å²) in [5, 5.41) is 15.0. The molecule has 0 aromatic carbocycles. The summed E-state index contributed by atoms with van der Waals surface area (Å²) in [6, 6.07) is 1.15. The second-order valence-corrected chi connectivity index (χ2v) is 5.61. The van der Waals surface area contributed by atoms with Crippen LogP contribution in [0.4, 0.5) is 5.82 Å². The molecule has 0 aliphatic heterocycles. The number of anilines is 1. The number of nitrogens with zero attached hydrogens (tertiary/aromatic N) is 1. The van der Waals surface area contributed by atoms with Gasteiger partial charge < -0.3 is 15.7 Å². The predicted molar refractivity (Wildman–Crippen MR) is 81.6 cm³/mol. The van der Waals surface area contributed by atoms with Gasteiger partial charge in [0.1, 0.15) is 17.4 Å². The number of carbonyl (C=O) groups excluding carboxylic acids is 1. The lowest BCUT2D eigenvalue weighted by Crippen LogP contribution is -2.39. The number of aryl methyl sites for hydroxylation is 2. The smallest absolute Gasteiger partial charge is 0.339 e. The molecule has 1 heterocycles. The average molecular weight is 293 g/mol. The molecule has 1 atom stereocenters.